The molecule has 3 unspecified atom stereocenters. The van der Waals surface area contributed by atoms with Crippen molar-refractivity contribution in [1.29, 1.82) is 0 Å². The van der Waals surface area contributed by atoms with Crippen LogP contribution in [0.5, 0.6) is 5.75 Å². The Balaban J connectivity index is 1.50. The van der Waals surface area contributed by atoms with Crippen LogP contribution in [0, 0.1) is 23.2 Å². The lowest BCUT2D eigenvalue weighted by molar-refractivity contribution is 0.0799. The molecule has 2 aliphatic heterocycles. The van der Waals surface area contributed by atoms with Crippen molar-refractivity contribution in [2.24, 2.45) is 23.2 Å². The second-order valence-corrected chi connectivity index (χ2v) is 11.3. The molecule has 0 bridgehead atoms. The summed E-state index contributed by atoms with van der Waals surface area (Å²) in [7, 11) is -1.07. The molecule has 7 rings (SSSR count). The van der Waals surface area contributed by atoms with Crippen molar-refractivity contribution >= 4 is 8.53 Å². The maximum atomic E-state index is 6.87. The van der Waals surface area contributed by atoms with Crippen LogP contribution >= 0.6 is 8.53 Å². The van der Waals surface area contributed by atoms with Gasteiger partial charge in [0, 0.05) is 29.5 Å². The van der Waals surface area contributed by atoms with Gasteiger partial charge in [-0.2, -0.15) is 0 Å². The van der Waals surface area contributed by atoms with Gasteiger partial charge in [0.15, 0.2) is 0 Å². The van der Waals surface area contributed by atoms with Gasteiger partial charge in [0.05, 0.1) is 0 Å². The molecule has 0 radical (unpaired) electrons. The number of allylic oxidation sites excluding steroid dienone is 4. The van der Waals surface area contributed by atoms with E-state index in [4.69, 9.17) is 9.05 Å². The van der Waals surface area contributed by atoms with Crippen molar-refractivity contribution in [2.75, 3.05) is 13.1 Å². The standard InChI is InChI=1S/C24H28NO2P/c1-23-17-7-5-9-21(23)27-28(25-12-2-3-13-25)26-20-8-4-6-16-14-18-10-11-19(15-17)24(18,23)22(16)20/h4-9,17-19H,2-3,10-15H2,1H3/t17?,18-,19-,23?,24-,28?/m1/s1. The zero-order valence-corrected chi connectivity index (χ0v) is 17.5. The van der Waals surface area contributed by atoms with Gasteiger partial charge in [-0.1, -0.05) is 31.2 Å². The van der Waals surface area contributed by atoms with Gasteiger partial charge in [-0.3, -0.25) is 0 Å². The van der Waals surface area contributed by atoms with Crippen LogP contribution < -0.4 is 4.52 Å². The summed E-state index contributed by atoms with van der Waals surface area (Å²) in [5.74, 6) is 4.44. The molecule has 0 N–H and O–H groups in total. The molecule has 0 aromatic heterocycles. The molecule has 1 spiro atoms. The van der Waals surface area contributed by atoms with Crippen LogP contribution in [0.25, 0.3) is 0 Å². The van der Waals surface area contributed by atoms with Crippen LogP contribution in [-0.4, -0.2) is 17.8 Å². The number of rotatable bonds is 1. The van der Waals surface area contributed by atoms with Crippen LogP contribution in [0.1, 0.15) is 50.2 Å². The molecule has 6 atom stereocenters. The normalized spacial score (nSPS) is 45.0. The summed E-state index contributed by atoms with van der Waals surface area (Å²) in [4.78, 5) is 0. The van der Waals surface area contributed by atoms with Crippen LogP contribution in [0.4, 0.5) is 0 Å². The lowest BCUT2D eigenvalue weighted by atomic mass is 9.55. The Hall–Kier alpha value is -1.31. The van der Waals surface area contributed by atoms with E-state index in [1.54, 1.807) is 11.1 Å². The molecule has 146 valence electrons. The summed E-state index contributed by atoms with van der Waals surface area (Å²) in [5.41, 5.74) is 3.40. The Morgan fingerprint density at radius 1 is 1.11 bits per heavy atom. The minimum atomic E-state index is -1.07. The van der Waals surface area contributed by atoms with Gasteiger partial charge in [0.1, 0.15) is 11.5 Å². The SMILES string of the molecule is CC12C3=CC=CC1C[C@H]1CC[C@@H]4Cc5cccc(c5[C@@]412)OP(N1CCCC1)O3. The third kappa shape index (κ3) is 1.72. The first-order valence-corrected chi connectivity index (χ1v) is 12.3. The molecule has 2 saturated carbocycles. The van der Waals surface area contributed by atoms with E-state index >= 15 is 0 Å². The fourth-order valence-corrected chi connectivity index (χ4v) is 9.70. The zero-order chi connectivity index (χ0) is 18.5. The first kappa shape index (κ1) is 16.5. The fourth-order valence-electron chi connectivity index (χ4n) is 8.08. The van der Waals surface area contributed by atoms with Crippen LogP contribution in [-0.2, 0) is 16.4 Å². The van der Waals surface area contributed by atoms with Crippen LogP contribution in [0.15, 0.2) is 42.2 Å². The van der Waals surface area contributed by atoms with E-state index < -0.39 is 8.53 Å². The minimum absolute atomic E-state index is 0.0685. The Bertz CT molecular complexity index is 919. The Morgan fingerprint density at radius 2 is 1.96 bits per heavy atom. The van der Waals surface area contributed by atoms with Crippen LogP contribution in [0.3, 0.4) is 0 Å². The van der Waals surface area contributed by atoms with E-state index in [0.717, 1.165) is 30.7 Å². The fraction of sp³-hybridized carbons (Fsp3) is 0.583. The van der Waals surface area contributed by atoms with Gasteiger partial charge in [-0.05, 0) is 74.0 Å². The van der Waals surface area contributed by atoms with E-state index in [-0.39, 0.29) is 10.8 Å². The summed E-state index contributed by atoms with van der Waals surface area (Å²) >= 11 is 0. The van der Waals surface area contributed by atoms with Crippen molar-refractivity contribution in [3.63, 3.8) is 0 Å². The van der Waals surface area contributed by atoms with Crippen molar-refractivity contribution < 1.29 is 9.05 Å². The summed E-state index contributed by atoms with van der Waals surface area (Å²) < 4.78 is 16.1. The molecule has 4 heteroatoms. The Kier molecular flexibility index (Phi) is 3.20. The molecule has 0 amide bonds. The summed E-state index contributed by atoms with van der Waals surface area (Å²) in [5, 5.41) is 0. The van der Waals surface area contributed by atoms with Gasteiger partial charge in [-0.25, -0.2) is 4.67 Å². The molecular weight excluding hydrogens is 365 g/mol. The highest BCUT2D eigenvalue weighted by Gasteiger charge is 2.73. The summed E-state index contributed by atoms with van der Waals surface area (Å²) in [6.07, 6.45) is 14.8. The van der Waals surface area contributed by atoms with E-state index in [2.05, 4.69) is 48.0 Å². The molecule has 2 heterocycles. The van der Waals surface area contributed by atoms with Gasteiger partial charge in [0.2, 0.25) is 0 Å². The van der Waals surface area contributed by atoms with E-state index in [1.807, 2.05) is 0 Å². The Morgan fingerprint density at radius 3 is 2.86 bits per heavy atom. The number of hydrogen-bond donors (Lipinski definition) is 0. The first-order valence-electron chi connectivity index (χ1n) is 11.1. The first-order chi connectivity index (χ1) is 13.7. The third-order valence-corrected chi connectivity index (χ3v) is 10.6. The molecule has 1 aromatic rings. The van der Waals surface area contributed by atoms with Crippen LogP contribution in [0.2, 0.25) is 0 Å². The second-order valence-electron chi connectivity index (χ2n) is 9.88. The van der Waals surface area contributed by atoms with Gasteiger partial charge >= 0.3 is 8.53 Å². The van der Waals surface area contributed by atoms with Gasteiger partial charge in [-0.15, -0.1) is 0 Å². The van der Waals surface area contributed by atoms with Crippen molar-refractivity contribution in [3.05, 3.63) is 53.3 Å². The highest BCUT2D eigenvalue weighted by Crippen LogP contribution is 2.77. The Labute approximate surface area is 168 Å². The molecule has 28 heavy (non-hydrogen) atoms. The lowest BCUT2D eigenvalue weighted by Crippen LogP contribution is -2.49. The second kappa shape index (κ2) is 5.43. The quantitative estimate of drug-likeness (QED) is 0.570. The highest BCUT2D eigenvalue weighted by atomic mass is 31.2. The summed E-state index contributed by atoms with van der Waals surface area (Å²) in [6.45, 7) is 4.74. The predicted molar refractivity (Wildman–Crippen MR) is 111 cm³/mol. The van der Waals surface area contributed by atoms with E-state index in [9.17, 15) is 0 Å². The van der Waals surface area contributed by atoms with Gasteiger partial charge in [0.25, 0.3) is 0 Å². The molecule has 4 aliphatic carbocycles. The van der Waals surface area contributed by atoms with E-state index in [1.165, 1.54) is 44.3 Å². The molecule has 3 nitrogen and oxygen atoms in total. The number of hydrogen-bond acceptors (Lipinski definition) is 3. The average Bonchev–Trinajstić information content (AvgIpc) is 3.42. The maximum absolute atomic E-state index is 6.87. The smallest absolute Gasteiger partial charge is 0.384 e. The molecule has 1 aromatic carbocycles. The lowest BCUT2D eigenvalue weighted by Gasteiger charge is -2.51. The minimum Gasteiger partial charge on any atom is -0.431 e. The largest absolute Gasteiger partial charge is 0.431 e. The van der Waals surface area contributed by atoms with Gasteiger partial charge < -0.3 is 9.05 Å². The molecule has 6 aliphatic rings. The average molecular weight is 393 g/mol. The monoisotopic (exact) mass is 393 g/mol. The van der Waals surface area contributed by atoms with Crippen molar-refractivity contribution in [2.45, 2.75) is 50.9 Å². The molecule has 3 fully saturated rings. The highest BCUT2D eigenvalue weighted by molar-refractivity contribution is 7.45. The number of nitrogens with zero attached hydrogens (tertiary/aromatic N) is 1. The number of benzene rings is 1. The topological polar surface area (TPSA) is 21.7 Å². The zero-order valence-electron chi connectivity index (χ0n) is 16.6. The third-order valence-electron chi connectivity index (χ3n) is 9.05. The maximum Gasteiger partial charge on any atom is 0.384 e. The van der Waals surface area contributed by atoms with E-state index in [0.29, 0.717) is 5.92 Å². The predicted octanol–water partition coefficient (Wildman–Crippen LogP) is 5.72. The molecular formula is C24H28NO2P. The van der Waals surface area contributed by atoms with Crippen molar-refractivity contribution in [3.8, 4) is 5.75 Å². The summed E-state index contributed by atoms with van der Waals surface area (Å²) in [6, 6.07) is 6.84. The molecule has 1 saturated heterocycles. The van der Waals surface area contributed by atoms with Crippen molar-refractivity contribution in [1.82, 2.24) is 4.67 Å².